The lowest BCUT2D eigenvalue weighted by atomic mass is 9.92. The molecule has 0 radical (unpaired) electrons. The standard InChI is InChI=1S/C19H16F3NO.ClH/c1-12-6-11-17(16-5-3-2-4-15(12)16)18(23)13-7-9-14(10-8-13)24-19(20,21)22;/h2-11,18H,23H2,1H3;1H/t18-;/m0./s1. The molecule has 6 heteroatoms. The number of alkyl halides is 3. The van der Waals surface area contributed by atoms with Gasteiger partial charge in [0.1, 0.15) is 5.75 Å². The molecule has 0 fully saturated rings. The number of hydrogen-bond donors (Lipinski definition) is 1. The van der Waals surface area contributed by atoms with Crippen LogP contribution >= 0.6 is 12.4 Å². The first kappa shape index (κ1) is 19.1. The predicted molar refractivity (Wildman–Crippen MR) is 95.1 cm³/mol. The molecular weight excluding hydrogens is 351 g/mol. The SMILES string of the molecule is Cc1ccc([C@@H](N)c2ccc(OC(F)(F)F)cc2)c2ccccc12.Cl. The van der Waals surface area contributed by atoms with Crippen molar-refractivity contribution < 1.29 is 17.9 Å². The number of hydrogen-bond acceptors (Lipinski definition) is 2. The highest BCUT2D eigenvalue weighted by Gasteiger charge is 2.31. The second-order valence-electron chi connectivity index (χ2n) is 5.61. The van der Waals surface area contributed by atoms with E-state index >= 15 is 0 Å². The van der Waals surface area contributed by atoms with Crippen LogP contribution in [0.3, 0.4) is 0 Å². The Morgan fingerprint density at radius 2 is 1.48 bits per heavy atom. The third-order valence-corrected chi connectivity index (χ3v) is 3.98. The van der Waals surface area contributed by atoms with Crippen LogP contribution in [0.15, 0.2) is 60.7 Å². The van der Waals surface area contributed by atoms with Gasteiger partial charge in [0.25, 0.3) is 0 Å². The Balaban J connectivity index is 0.00000225. The Kier molecular flexibility index (Phi) is 5.60. The summed E-state index contributed by atoms with van der Waals surface area (Å²) in [5.74, 6) is -0.257. The molecule has 2 nitrogen and oxygen atoms in total. The van der Waals surface area contributed by atoms with Gasteiger partial charge in [-0.05, 0) is 46.5 Å². The molecule has 1 atom stereocenters. The molecule has 0 saturated heterocycles. The molecule has 3 aromatic rings. The van der Waals surface area contributed by atoms with E-state index in [9.17, 15) is 13.2 Å². The maximum Gasteiger partial charge on any atom is 0.573 e. The molecule has 0 saturated carbocycles. The van der Waals surface area contributed by atoms with Crippen LogP contribution in [-0.4, -0.2) is 6.36 Å². The summed E-state index contributed by atoms with van der Waals surface area (Å²) in [6, 6.07) is 17.1. The summed E-state index contributed by atoms with van der Waals surface area (Å²) in [5, 5.41) is 2.16. The molecule has 0 unspecified atom stereocenters. The lowest BCUT2D eigenvalue weighted by Crippen LogP contribution is -2.17. The van der Waals surface area contributed by atoms with Crippen molar-refractivity contribution in [3.05, 3.63) is 77.4 Å². The molecule has 0 bridgehead atoms. The number of halogens is 4. The van der Waals surface area contributed by atoms with Crippen LogP contribution in [0.5, 0.6) is 5.75 Å². The number of benzene rings is 3. The summed E-state index contributed by atoms with van der Waals surface area (Å²) in [4.78, 5) is 0. The van der Waals surface area contributed by atoms with E-state index in [2.05, 4.69) is 4.74 Å². The molecular formula is C19H17ClF3NO. The molecule has 3 rings (SSSR count). The zero-order chi connectivity index (χ0) is 17.3. The fourth-order valence-corrected chi connectivity index (χ4v) is 2.80. The minimum absolute atomic E-state index is 0. The van der Waals surface area contributed by atoms with Crippen LogP contribution in [-0.2, 0) is 0 Å². The molecule has 25 heavy (non-hydrogen) atoms. The topological polar surface area (TPSA) is 35.2 Å². The molecule has 0 spiro atoms. The minimum Gasteiger partial charge on any atom is -0.406 e. The van der Waals surface area contributed by atoms with Crippen LogP contribution in [0.1, 0.15) is 22.7 Å². The first-order valence-corrected chi connectivity index (χ1v) is 7.45. The quantitative estimate of drug-likeness (QED) is 0.661. The van der Waals surface area contributed by atoms with Gasteiger partial charge in [-0.1, -0.05) is 48.5 Å². The smallest absolute Gasteiger partial charge is 0.406 e. The van der Waals surface area contributed by atoms with Crippen LogP contribution < -0.4 is 10.5 Å². The van der Waals surface area contributed by atoms with E-state index in [1.807, 2.05) is 43.3 Å². The highest BCUT2D eigenvalue weighted by molar-refractivity contribution is 5.89. The van der Waals surface area contributed by atoms with E-state index in [1.54, 1.807) is 12.1 Å². The normalized spacial score (nSPS) is 12.5. The summed E-state index contributed by atoms with van der Waals surface area (Å²) in [7, 11) is 0. The maximum atomic E-state index is 12.2. The van der Waals surface area contributed by atoms with E-state index in [0.717, 1.165) is 27.5 Å². The van der Waals surface area contributed by atoms with E-state index < -0.39 is 12.4 Å². The van der Waals surface area contributed by atoms with Crippen LogP contribution in [0, 0.1) is 6.92 Å². The van der Waals surface area contributed by atoms with Crippen molar-refractivity contribution in [2.45, 2.75) is 19.3 Å². The summed E-state index contributed by atoms with van der Waals surface area (Å²) >= 11 is 0. The largest absolute Gasteiger partial charge is 0.573 e. The van der Waals surface area contributed by atoms with Gasteiger partial charge in [-0.2, -0.15) is 0 Å². The average molecular weight is 368 g/mol. The summed E-state index contributed by atoms with van der Waals surface area (Å²) in [6.07, 6.45) is -4.70. The number of ether oxygens (including phenoxy) is 1. The maximum absolute atomic E-state index is 12.2. The fourth-order valence-electron chi connectivity index (χ4n) is 2.80. The Bertz CT molecular complexity index is 863. The van der Waals surface area contributed by atoms with Gasteiger partial charge in [0, 0.05) is 0 Å². The van der Waals surface area contributed by atoms with Gasteiger partial charge in [-0.3, -0.25) is 0 Å². The third-order valence-electron chi connectivity index (χ3n) is 3.98. The first-order chi connectivity index (χ1) is 11.3. The lowest BCUT2D eigenvalue weighted by molar-refractivity contribution is -0.274. The predicted octanol–water partition coefficient (Wildman–Crippen LogP) is 5.52. The second kappa shape index (κ2) is 7.33. The molecule has 0 aliphatic heterocycles. The Labute approximate surface area is 149 Å². The summed E-state index contributed by atoms with van der Waals surface area (Å²) in [6.45, 7) is 2.03. The molecule has 0 amide bonds. The van der Waals surface area contributed by atoms with E-state index in [-0.39, 0.29) is 18.2 Å². The fraction of sp³-hybridized carbons (Fsp3) is 0.158. The van der Waals surface area contributed by atoms with Crippen molar-refractivity contribution >= 4 is 23.2 Å². The Morgan fingerprint density at radius 3 is 2.08 bits per heavy atom. The van der Waals surface area contributed by atoms with Crippen LogP contribution in [0.4, 0.5) is 13.2 Å². The van der Waals surface area contributed by atoms with Crippen LogP contribution in [0.2, 0.25) is 0 Å². The molecule has 0 heterocycles. The number of fused-ring (bicyclic) bond motifs is 1. The van der Waals surface area contributed by atoms with Gasteiger partial charge < -0.3 is 10.5 Å². The zero-order valence-corrected chi connectivity index (χ0v) is 14.2. The van der Waals surface area contributed by atoms with Crippen LogP contribution in [0.25, 0.3) is 10.8 Å². The van der Waals surface area contributed by atoms with E-state index in [4.69, 9.17) is 5.73 Å². The molecule has 132 valence electrons. The summed E-state index contributed by atoms with van der Waals surface area (Å²) < 4.78 is 40.6. The van der Waals surface area contributed by atoms with Crippen molar-refractivity contribution in [2.24, 2.45) is 5.73 Å². The van der Waals surface area contributed by atoms with Crippen molar-refractivity contribution in [2.75, 3.05) is 0 Å². The second-order valence-corrected chi connectivity index (χ2v) is 5.61. The zero-order valence-electron chi connectivity index (χ0n) is 13.4. The van der Waals surface area contributed by atoms with E-state index in [1.165, 1.54) is 12.1 Å². The number of rotatable bonds is 3. The summed E-state index contributed by atoms with van der Waals surface area (Å²) in [5.41, 5.74) is 9.15. The van der Waals surface area contributed by atoms with Gasteiger partial charge in [0.2, 0.25) is 0 Å². The van der Waals surface area contributed by atoms with Gasteiger partial charge in [-0.25, -0.2) is 0 Å². The third kappa shape index (κ3) is 4.24. The first-order valence-electron chi connectivity index (χ1n) is 7.45. The monoisotopic (exact) mass is 367 g/mol. The van der Waals surface area contributed by atoms with Crippen molar-refractivity contribution in [1.29, 1.82) is 0 Å². The molecule has 0 aliphatic carbocycles. The number of aryl methyl sites for hydroxylation is 1. The lowest BCUT2D eigenvalue weighted by Gasteiger charge is -2.17. The Morgan fingerprint density at radius 1 is 0.880 bits per heavy atom. The highest BCUT2D eigenvalue weighted by Crippen LogP contribution is 2.30. The Hall–Kier alpha value is -2.24. The molecule has 3 aromatic carbocycles. The minimum atomic E-state index is -4.70. The average Bonchev–Trinajstić information content (AvgIpc) is 2.54. The number of nitrogens with two attached hydrogens (primary N) is 1. The van der Waals surface area contributed by atoms with Gasteiger partial charge in [0.05, 0.1) is 6.04 Å². The van der Waals surface area contributed by atoms with Crippen molar-refractivity contribution in [1.82, 2.24) is 0 Å². The van der Waals surface area contributed by atoms with Gasteiger partial charge in [-0.15, -0.1) is 25.6 Å². The van der Waals surface area contributed by atoms with Gasteiger partial charge in [0.15, 0.2) is 0 Å². The van der Waals surface area contributed by atoms with Crippen molar-refractivity contribution in [3.8, 4) is 5.75 Å². The van der Waals surface area contributed by atoms with Gasteiger partial charge >= 0.3 is 6.36 Å². The molecule has 2 N–H and O–H groups in total. The van der Waals surface area contributed by atoms with E-state index in [0.29, 0.717) is 0 Å². The van der Waals surface area contributed by atoms with Crippen molar-refractivity contribution in [3.63, 3.8) is 0 Å². The molecule has 0 aliphatic rings. The highest BCUT2D eigenvalue weighted by atomic mass is 35.5. The molecule has 0 aromatic heterocycles.